The second kappa shape index (κ2) is 6.40. The van der Waals surface area contributed by atoms with Crippen molar-refractivity contribution in [1.82, 2.24) is 4.90 Å². The number of anilines is 1. The van der Waals surface area contributed by atoms with Crippen molar-refractivity contribution < 1.29 is 5.11 Å². The third-order valence-electron chi connectivity index (χ3n) is 4.23. The standard InChI is InChI=1S/C16H26N2O/c1-13-10-15(12-19)4-5-16(13)18(3)11-14-6-8-17(2)9-7-14/h4-5,10,14,19H,6-9,11-12H2,1-3H3. The van der Waals surface area contributed by atoms with Crippen LogP contribution in [-0.4, -0.2) is 43.7 Å². The Bertz CT molecular complexity index is 411. The summed E-state index contributed by atoms with van der Waals surface area (Å²) in [5, 5.41) is 9.16. The summed E-state index contributed by atoms with van der Waals surface area (Å²) in [5.74, 6) is 0.804. The summed E-state index contributed by atoms with van der Waals surface area (Å²) < 4.78 is 0. The highest BCUT2D eigenvalue weighted by atomic mass is 16.3. The molecule has 1 N–H and O–H groups in total. The van der Waals surface area contributed by atoms with E-state index in [0.717, 1.165) is 18.0 Å². The van der Waals surface area contributed by atoms with Gasteiger partial charge in [-0.15, -0.1) is 0 Å². The number of piperidine rings is 1. The summed E-state index contributed by atoms with van der Waals surface area (Å²) in [7, 11) is 4.39. The molecule has 2 rings (SSSR count). The van der Waals surface area contributed by atoms with Gasteiger partial charge in [0.15, 0.2) is 0 Å². The van der Waals surface area contributed by atoms with Crippen LogP contribution in [0, 0.1) is 12.8 Å². The fourth-order valence-electron chi connectivity index (χ4n) is 2.97. The largest absolute Gasteiger partial charge is 0.392 e. The van der Waals surface area contributed by atoms with Gasteiger partial charge in [-0.05, 0) is 63.0 Å². The Labute approximate surface area is 116 Å². The fourth-order valence-corrected chi connectivity index (χ4v) is 2.97. The van der Waals surface area contributed by atoms with Crippen molar-refractivity contribution in [2.75, 3.05) is 38.6 Å². The Morgan fingerprint density at radius 1 is 1.32 bits per heavy atom. The summed E-state index contributed by atoms with van der Waals surface area (Å²) >= 11 is 0. The third kappa shape index (κ3) is 3.71. The number of aliphatic hydroxyl groups excluding tert-OH is 1. The molecule has 19 heavy (non-hydrogen) atoms. The normalized spacial score (nSPS) is 17.7. The van der Waals surface area contributed by atoms with Crippen LogP contribution in [0.3, 0.4) is 0 Å². The van der Waals surface area contributed by atoms with Gasteiger partial charge in [-0.3, -0.25) is 0 Å². The molecule has 106 valence electrons. The van der Waals surface area contributed by atoms with Gasteiger partial charge in [0.2, 0.25) is 0 Å². The smallest absolute Gasteiger partial charge is 0.0681 e. The van der Waals surface area contributed by atoms with Gasteiger partial charge < -0.3 is 14.9 Å². The highest BCUT2D eigenvalue weighted by Gasteiger charge is 2.18. The summed E-state index contributed by atoms with van der Waals surface area (Å²) in [5.41, 5.74) is 3.53. The summed E-state index contributed by atoms with van der Waals surface area (Å²) in [6.45, 7) is 5.83. The highest BCUT2D eigenvalue weighted by molar-refractivity contribution is 5.53. The zero-order chi connectivity index (χ0) is 13.8. The van der Waals surface area contributed by atoms with E-state index in [4.69, 9.17) is 5.11 Å². The number of rotatable bonds is 4. The SMILES string of the molecule is Cc1cc(CO)ccc1N(C)CC1CCN(C)CC1. The zero-order valence-corrected chi connectivity index (χ0v) is 12.4. The van der Waals surface area contributed by atoms with Crippen molar-refractivity contribution in [2.24, 2.45) is 5.92 Å². The summed E-state index contributed by atoms with van der Waals surface area (Å²) in [6.07, 6.45) is 2.60. The Hall–Kier alpha value is -1.06. The molecule has 1 saturated heterocycles. The maximum Gasteiger partial charge on any atom is 0.0681 e. The molecule has 1 aromatic rings. The molecule has 1 aliphatic heterocycles. The minimum Gasteiger partial charge on any atom is -0.392 e. The first-order chi connectivity index (χ1) is 9.10. The van der Waals surface area contributed by atoms with E-state index >= 15 is 0 Å². The Morgan fingerprint density at radius 2 is 2.00 bits per heavy atom. The lowest BCUT2D eigenvalue weighted by atomic mass is 9.96. The van der Waals surface area contributed by atoms with E-state index < -0.39 is 0 Å². The molecule has 0 aromatic heterocycles. The van der Waals surface area contributed by atoms with Gasteiger partial charge in [-0.2, -0.15) is 0 Å². The van der Waals surface area contributed by atoms with Crippen molar-refractivity contribution >= 4 is 5.69 Å². The second-order valence-electron chi connectivity index (χ2n) is 5.91. The number of aliphatic hydroxyl groups is 1. The van der Waals surface area contributed by atoms with Gasteiger partial charge in [-0.1, -0.05) is 12.1 Å². The van der Waals surface area contributed by atoms with E-state index in [0.29, 0.717) is 0 Å². The summed E-state index contributed by atoms with van der Waals surface area (Å²) in [4.78, 5) is 4.78. The van der Waals surface area contributed by atoms with Crippen LogP contribution in [0.4, 0.5) is 5.69 Å². The van der Waals surface area contributed by atoms with Crippen molar-refractivity contribution in [3.05, 3.63) is 29.3 Å². The van der Waals surface area contributed by atoms with Crippen molar-refractivity contribution in [2.45, 2.75) is 26.4 Å². The Morgan fingerprint density at radius 3 is 2.58 bits per heavy atom. The van der Waals surface area contributed by atoms with E-state index in [1.165, 1.54) is 37.2 Å². The van der Waals surface area contributed by atoms with Crippen LogP contribution in [0.5, 0.6) is 0 Å². The minimum absolute atomic E-state index is 0.125. The van der Waals surface area contributed by atoms with Crippen LogP contribution in [0.15, 0.2) is 18.2 Å². The number of hydrogen-bond acceptors (Lipinski definition) is 3. The lowest BCUT2D eigenvalue weighted by Gasteiger charge is -2.33. The van der Waals surface area contributed by atoms with Crippen LogP contribution < -0.4 is 4.90 Å². The first kappa shape index (κ1) is 14.4. The van der Waals surface area contributed by atoms with Crippen LogP contribution in [0.1, 0.15) is 24.0 Å². The van der Waals surface area contributed by atoms with E-state index in [2.05, 4.69) is 43.0 Å². The molecule has 0 aliphatic carbocycles. The lowest BCUT2D eigenvalue weighted by Crippen LogP contribution is -2.35. The second-order valence-corrected chi connectivity index (χ2v) is 5.91. The van der Waals surface area contributed by atoms with E-state index in [1.54, 1.807) is 0 Å². The number of likely N-dealkylation sites (tertiary alicyclic amines) is 1. The molecule has 1 aromatic carbocycles. The van der Waals surface area contributed by atoms with E-state index in [9.17, 15) is 0 Å². The maximum atomic E-state index is 9.16. The van der Waals surface area contributed by atoms with Crippen LogP contribution in [0.25, 0.3) is 0 Å². The average molecular weight is 262 g/mol. The number of nitrogens with zero attached hydrogens (tertiary/aromatic N) is 2. The molecule has 0 atom stereocenters. The van der Waals surface area contributed by atoms with Gasteiger partial charge in [0.1, 0.15) is 0 Å². The van der Waals surface area contributed by atoms with E-state index in [1.807, 2.05) is 6.07 Å². The third-order valence-corrected chi connectivity index (χ3v) is 4.23. The minimum atomic E-state index is 0.125. The van der Waals surface area contributed by atoms with Gasteiger partial charge in [0, 0.05) is 19.3 Å². The summed E-state index contributed by atoms with van der Waals surface area (Å²) in [6, 6.07) is 6.24. The lowest BCUT2D eigenvalue weighted by molar-refractivity contribution is 0.222. The molecular formula is C16H26N2O. The predicted octanol–water partition coefficient (Wildman–Crippen LogP) is 2.27. The van der Waals surface area contributed by atoms with Crippen molar-refractivity contribution in [3.8, 4) is 0 Å². The monoisotopic (exact) mass is 262 g/mol. The van der Waals surface area contributed by atoms with Crippen molar-refractivity contribution in [1.29, 1.82) is 0 Å². The molecule has 0 unspecified atom stereocenters. The van der Waals surface area contributed by atoms with E-state index in [-0.39, 0.29) is 6.61 Å². The molecule has 1 aliphatic rings. The van der Waals surface area contributed by atoms with Crippen LogP contribution in [0.2, 0.25) is 0 Å². The Balaban J connectivity index is 1.97. The maximum absolute atomic E-state index is 9.16. The number of hydrogen-bond donors (Lipinski definition) is 1. The van der Waals surface area contributed by atoms with Crippen LogP contribution >= 0.6 is 0 Å². The molecule has 0 spiro atoms. The highest BCUT2D eigenvalue weighted by Crippen LogP contribution is 2.24. The van der Waals surface area contributed by atoms with Crippen molar-refractivity contribution in [3.63, 3.8) is 0 Å². The molecule has 3 heteroatoms. The van der Waals surface area contributed by atoms with Gasteiger partial charge in [-0.25, -0.2) is 0 Å². The molecule has 0 amide bonds. The molecule has 0 radical (unpaired) electrons. The van der Waals surface area contributed by atoms with Gasteiger partial charge >= 0.3 is 0 Å². The number of aryl methyl sites for hydroxylation is 1. The predicted molar refractivity (Wildman–Crippen MR) is 80.6 cm³/mol. The average Bonchev–Trinajstić information content (AvgIpc) is 2.41. The molecule has 0 bridgehead atoms. The first-order valence-electron chi connectivity index (χ1n) is 7.20. The van der Waals surface area contributed by atoms with Crippen LogP contribution in [-0.2, 0) is 6.61 Å². The molecule has 1 fully saturated rings. The van der Waals surface area contributed by atoms with Gasteiger partial charge in [0.05, 0.1) is 6.61 Å². The fraction of sp³-hybridized carbons (Fsp3) is 0.625. The quantitative estimate of drug-likeness (QED) is 0.901. The molecule has 3 nitrogen and oxygen atoms in total. The molecule has 0 saturated carbocycles. The topological polar surface area (TPSA) is 26.7 Å². The molecular weight excluding hydrogens is 236 g/mol. The van der Waals surface area contributed by atoms with Gasteiger partial charge in [0.25, 0.3) is 0 Å². The zero-order valence-electron chi connectivity index (χ0n) is 12.4. The first-order valence-corrected chi connectivity index (χ1v) is 7.20. The number of benzene rings is 1. The molecule has 1 heterocycles. The Kier molecular flexibility index (Phi) is 4.83.